The molecule has 0 saturated heterocycles. The predicted octanol–water partition coefficient (Wildman–Crippen LogP) is 10.4. The molecule has 0 saturated carbocycles. The molecule has 0 amide bonds. The van der Waals surface area contributed by atoms with Crippen molar-refractivity contribution in [3.63, 3.8) is 0 Å². The number of para-hydroxylation sites is 6. The van der Waals surface area contributed by atoms with Crippen LogP contribution in [0, 0.1) is 0 Å². The minimum Gasteiger partial charge on any atom is -0.292 e. The molecule has 6 aromatic carbocycles. The van der Waals surface area contributed by atoms with Gasteiger partial charge in [-0.15, -0.1) is 0 Å². The molecular formula is C43H29N5. The highest BCUT2D eigenvalue weighted by molar-refractivity contribution is 5.85. The first kappa shape index (κ1) is 27.7. The Morgan fingerprint density at radius 2 is 0.708 bits per heavy atom. The number of aromatic nitrogens is 5. The maximum Gasteiger partial charge on any atom is 0.145 e. The molecular weight excluding hydrogens is 587 g/mol. The number of nitrogens with zero attached hydrogens (tertiary/aromatic N) is 5. The van der Waals surface area contributed by atoms with Gasteiger partial charge in [0, 0.05) is 46.0 Å². The van der Waals surface area contributed by atoms with Crippen molar-refractivity contribution in [2.75, 3.05) is 0 Å². The van der Waals surface area contributed by atoms with E-state index in [2.05, 4.69) is 154 Å². The average Bonchev–Trinajstić information content (AvgIpc) is 3.75. The quantitative estimate of drug-likeness (QED) is 0.187. The van der Waals surface area contributed by atoms with Crippen LogP contribution < -0.4 is 0 Å². The van der Waals surface area contributed by atoms with Crippen LogP contribution in [-0.4, -0.2) is 24.1 Å². The second kappa shape index (κ2) is 11.6. The van der Waals surface area contributed by atoms with Gasteiger partial charge in [0.25, 0.3) is 0 Å². The maximum atomic E-state index is 5.02. The summed E-state index contributed by atoms with van der Waals surface area (Å²) in [5.41, 5.74) is 12.7. The van der Waals surface area contributed by atoms with Crippen molar-refractivity contribution in [1.82, 2.24) is 24.1 Å². The van der Waals surface area contributed by atoms with Crippen LogP contribution >= 0.6 is 0 Å². The number of pyridine rings is 1. The minimum atomic E-state index is 0.918. The zero-order valence-electron chi connectivity index (χ0n) is 26.0. The number of hydrogen-bond acceptors (Lipinski definition) is 3. The number of fused-ring (bicyclic) bond motifs is 2. The molecule has 5 nitrogen and oxygen atoms in total. The summed E-state index contributed by atoms with van der Waals surface area (Å²) in [4.78, 5) is 14.7. The van der Waals surface area contributed by atoms with E-state index in [4.69, 9.17) is 9.97 Å². The van der Waals surface area contributed by atoms with E-state index >= 15 is 0 Å². The van der Waals surface area contributed by atoms with Gasteiger partial charge >= 0.3 is 0 Å². The third kappa shape index (κ3) is 4.86. The second-order valence-corrected chi connectivity index (χ2v) is 11.8. The molecule has 0 fully saturated rings. The molecule has 0 bridgehead atoms. The van der Waals surface area contributed by atoms with Crippen LogP contribution in [-0.2, 0) is 0 Å². The third-order valence-electron chi connectivity index (χ3n) is 8.84. The van der Waals surface area contributed by atoms with Crippen LogP contribution in [0.1, 0.15) is 0 Å². The lowest BCUT2D eigenvalue weighted by Gasteiger charge is -2.11. The first-order valence-electron chi connectivity index (χ1n) is 16.0. The SMILES string of the molecule is c1ccc(-n2c(-c3ccc(-c4cncc(-c5ccc(-c6nc7ccccc7n6-c6ccccc6)cc5)c4)cc3)nc3ccccc32)cc1. The van der Waals surface area contributed by atoms with Crippen molar-refractivity contribution in [2.24, 2.45) is 0 Å². The lowest BCUT2D eigenvalue weighted by molar-refractivity contribution is 1.10. The van der Waals surface area contributed by atoms with Gasteiger partial charge in [-0.25, -0.2) is 9.97 Å². The number of imidazole rings is 2. The normalized spacial score (nSPS) is 11.3. The standard InChI is InChI=1S/C43H29N5/c1-3-11-36(12-4-1)47-40-17-9-7-15-38(40)45-42(47)32-23-19-30(20-24-32)34-27-35(29-44-28-34)31-21-25-33(26-22-31)43-46-39-16-8-10-18-41(39)48(43)37-13-5-2-6-14-37/h1-29H. The maximum absolute atomic E-state index is 5.02. The van der Waals surface area contributed by atoms with Crippen molar-refractivity contribution in [2.45, 2.75) is 0 Å². The van der Waals surface area contributed by atoms with Crippen LogP contribution in [0.25, 0.3) is 78.5 Å². The van der Waals surface area contributed by atoms with Crippen LogP contribution in [0.15, 0.2) is 176 Å². The van der Waals surface area contributed by atoms with Crippen molar-refractivity contribution in [1.29, 1.82) is 0 Å². The van der Waals surface area contributed by atoms with E-state index in [9.17, 15) is 0 Å². The molecule has 0 aliphatic heterocycles. The van der Waals surface area contributed by atoms with Gasteiger partial charge in [-0.2, -0.15) is 0 Å². The highest BCUT2D eigenvalue weighted by Crippen LogP contribution is 2.33. The van der Waals surface area contributed by atoms with E-state index < -0.39 is 0 Å². The smallest absolute Gasteiger partial charge is 0.145 e. The van der Waals surface area contributed by atoms with Crippen molar-refractivity contribution in [3.05, 3.63) is 176 Å². The van der Waals surface area contributed by atoms with E-state index in [1.807, 2.05) is 36.7 Å². The van der Waals surface area contributed by atoms with Gasteiger partial charge in [-0.05, 0) is 65.7 Å². The molecule has 0 atom stereocenters. The second-order valence-electron chi connectivity index (χ2n) is 11.8. The summed E-state index contributed by atoms with van der Waals surface area (Å²) in [5.74, 6) is 1.84. The van der Waals surface area contributed by atoms with E-state index in [0.717, 1.165) is 78.5 Å². The number of hydrogen-bond donors (Lipinski definition) is 0. The summed E-state index contributed by atoms with van der Waals surface area (Å²) >= 11 is 0. The van der Waals surface area contributed by atoms with Gasteiger partial charge in [-0.1, -0.05) is 109 Å². The zero-order valence-corrected chi connectivity index (χ0v) is 26.0. The molecule has 226 valence electrons. The molecule has 0 spiro atoms. The van der Waals surface area contributed by atoms with Crippen molar-refractivity contribution >= 4 is 22.1 Å². The Bertz CT molecular complexity index is 2350. The molecule has 3 heterocycles. The van der Waals surface area contributed by atoms with Crippen LogP contribution in [0.3, 0.4) is 0 Å². The van der Waals surface area contributed by atoms with Gasteiger partial charge < -0.3 is 0 Å². The van der Waals surface area contributed by atoms with E-state index in [0.29, 0.717) is 0 Å². The van der Waals surface area contributed by atoms with E-state index in [-0.39, 0.29) is 0 Å². The largest absolute Gasteiger partial charge is 0.292 e. The fourth-order valence-electron chi connectivity index (χ4n) is 6.50. The zero-order chi connectivity index (χ0) is 31.9. The van der Waals surface area contributed by atoms with Crippen molar-refractivity contribution < 1.29 is 0 Å². The Morgan fingerprint density at radius 1 is 0.333 bits per heavy atom. The molecule has 3 aromatic heterocycles. The topological polar surface area (TPSA) is 48.5 Å². The van der Waals surface area contributed by atoms with Gasteiger partial charge in [-0.3, -0.25) is 14.1 Å². The molecule has 0 radical (unpaired) electrons. The predicted molar refractivity (Wildman–Crippen MR) is 195 cm³/mol. The molecule has 0 unspecified atom stereocenters. The fourth-order valence-corrected chi connectivity index (χ4v) is 6.50. The summed E-state index contributed by atoms with van der Waals surface area (Å²) in [6.07, 6.45) is 3.85. The molecule has 9 rings (SSSR count). The molecule has 5 heteroatoms. The Labute approximate surface area is 278 Å². The lowest BCUT2D eigenvalue weighted by atomic mass is 10.00. The van der Waals surface area contributed by atoms with Gasteiger partial charge in [0.1, 0.15) is 11.6 Å². The summed E-state index contributed by atoms with van der Waals surface area (Å²) in [6.45, 7) is 0. The highest BCUT2D eigenvalue weighted by Gasteiger charge is 2.16. The summed E-state index contributed by atoms with van der Waals surface area (Å²) in [5, 5.41) is 0. The number of benzene rings is 6. The van der Waals surface area contributed by atoms with Crippen LogP contribution in [0.5, 0.6) is 0 Å². The Hall–Kier alpha value is -6.59. The Balaban J connectivity index is 1.04. The van der Waals surface area contributed by atoms with Gasteiger partial charge in [0.05, 0.1) is 22.1 Å². The summed E-state index contributed by atoms with van der Waals surface area (Å²) < 4.78 is 4.45. The van der Waals surface area contributed by atoms with Crippen LogP contribution in [0.2, 0.25) is 0 Å². The monoisotopic (exact) mass is 615 g/mol. The van der Waals surface area contributed by atoms with Crippen molar-refractivity contribution in [3.8, 4) is 56.4 Å². The Morgan fingerprint density at radius 3 is 1.15 bits per heavy atom. The molecule has 0 N–H and O–H groups in total. The molecule has 0 aliphatic rings. The first-order chi connectivity index (χ1) is 23.8. The molecule has 0 aliphatic carbocycles. The minimum absolute atomic E-state index is 0.918. The average molecular weight is 616 g/mol. The third-order valence-corrected chi connectivity index (χ3v) is 8.84. The molecule has 48 heavy (non-hydrogen) atoms. The first-order valence-corrected chi connectivity index (χ1v) is 16.0. The lowest BCUT2D eigenvalue weighted by Crippen LogP contribution is -1.97. The fraction of sp³-hybridized carbons (Fsp3) is 0. The van der Waals surface area contributed by atoms with Crippen LogP contribution in [0.4, 0.5) is 0 Å². The summed E-state index contributed by atoms with van der Waals surface area (Å²) in [6, 6.07) is 56.8. The van der Waals surface area contributed by atoms with E-state index in [1.54, 1.807) is 0 Å². The number of rotatable bonds is 6. The van der Waals surface area contributed by atoms with Gasteiger partial charge in [0.2, 0.25) is 0 Å². The van der Waals surface area contributed by atoms with Gasteiger partial charge in [0.15, 0.2) is 0 Å². The summed E-state index contributed by atoms with van der Waals surface area (Å²) in [7, 11) is 0. The highest BCUT2D eigenvalue weighted by atomic mass is 15.1. The molecule has 9 aromatic rings. The van der Waals surface area contributed by atoms with E-state index in [1.165, 1.54) is 0 Å². The Kier molecular flexibility index (Phi) is 6.72.